The number of nitro benzene ring substituents is 1. The Bertz CT molecular complexity index is 976. The van der Waals surface area contributed by atoms with E-state index in [2.05, 4.69) is 15.8 Å². The molecule has 0 atom stereocenters. The quantitative estimate of drug-likeness (QED) is 0.409. The standard InChI is InChI=1S/C18H16Cl2N4O4/c1-10(8-17(25)21-16-5-3-4-14(19)11(16)2)22-23-18(26)13-7-6-12(24(27)28)9-15(13)20/h3-7,9H,8H2,1-2H3,(H,21,25)(H,23,26)/b22-10-. The maximum atomic E-state index is 12.1. The van der Waals surface area contributed by atoms with E-state index in [4.69, 9.17) is 23.2 Å². The van der Waals surface area contributed by atoms with Crippen molar-refractivity contribution in [2.75, 3.05) is 5.32 Å². The van der Waals surface area contributed by atoms with Gasteiger partial charge in [-0.1, -0.05) is 29.3 Å². The lowest BCUT2D eigenvalue weighted by atomic mass is 10.2. The Hall–Kier alpha value is -2.97. The van der Waals surface area contributed by atoms with Crippen LogP contribution in [-0.2, 0) is 4.79 Å². The van der Waals surface area contributed by atoms with Gasteiger partial charge in [0.25, 0.3) is 11.6 Å². The van der Waals surface area contributed by atoms with Gasteiger partial charge in [0.05, 0.1) is 21.9 Å². The van der Waals surface area contributed by atoms with Gasteiger partial charge in [0, 0.05) is 28.6 Å². The van der Waals surface area contributed by atoms with Crippen molar-refractivity contribution >= 4 is 52.1 Å². The lowest BCUT2D eigenvalue weighted by Gasteiger charge is -2.09. The van der Waals surface area contributed by atoms with Gasteiger partial charge in [-0.2, -0.15) is 5.10 Å². The molecule has 0 aliphatic rings. The molecule has 0 aromatic heterocycles. The van der Waals surface area contributed by atoms with Crippen molar-refractivity contribution in [1.29, 1.82) is 0 Å². The molecule has 28 heavy (non-hydrogen) atoms. The fourth-order valence-electron chi connectivity index (χ4n) is 2.22. The van der Waals surface area contributed by atoms with Gasteiger partial charge in [-0.05, 0) is 37.6 Å². The van der Waals surface area contributed by atoms with Gasteiger partial charge in [0.1, 0.15) is 0 Å². The minimum absolute atomic E-state index is 0.0304. The highest BCUT2D eigenvalue weighted by atomic mass is 35.5. The average molecular weight is 423 g/mol. The lowest BCUT2D eigenvalue weighted by molar-refractivity contribution is -0.384. The fraction of sp³-hybridized carbons (Fsp3) is 0.167. The van der Waals surface area contributed by atoms with Crippen molar-refractivity contribution in [2.45, 2.75) is 20.3 Å². The summed E-state index contributed by atoms with van der Waals surface area (Å²) in [5.41, 5.74) is 3.76. The molecule has 2 aromatic carbocycles. The largest absolute Gasteiger partial charge is 0.325 e. The number of carbonyl (C=O) groups is 2. The zero-order valence-corrected chi connectivity index (χ0v) is 16.5. The van der Waals surface area contributed by atoms with Gasteiger partial charge in [-0.15, -0.1) is 0 Å². The van der Waals surface area contributed by atoms with E-state index in [0.29, 0.717) is 16.4 Å². The lowest BCUT2D eigenvalue weighted by Crippen LogP contribution is -2.22. The fourth-order valence-corrected chi connectivity index (χ4v) is 2.65. The molecule has 0 fully saturated rings. The summed E-state index contributed by atoms with van der Waals surface area (Å²) in [6.07, 6.45) is -0.0553. The average Bonchev–Trinajstić information content (AvgIpc) is 2.63. The Morgan fingerprint density at radius 3 is 2.54 bits per heavy atom. The third-order valence-corrected chi connectivity index (χ3v) is 4.44. The molecule has 2 amide bonds. The first kappa shape index (κ1) is 21.3. The monoisotopic (exact) mass is 422 g/mol. The first-order chi connectivity index (χ1) is 13.2. The Morgan fingerprint density at radius 1 is 1.18 bits per heavy atom. The topological polar surface area (TPSA) is 114 Å². The van der Waals surface area contributed by atoms with Gasteiger partial charge in [-0.3, -0.25) is 19.7 Å². The van der Waals surface area contributed by atoms with Crippen LogP contribution in [0.2, 0.25) is 10.0 Å². The molecular formula is C18H16Cl2N4O4. The zero-order chi connectivity index (χ0) is 20.8. The molecule has 2 N–H and O–H groups in total. The van der Waals surface area contributed by atoms with E-state index in [0.717, 1.165) is 17.7 Å². The molecule has 0 aliphatic heterocycles. The van der Waals surface area contributed by atoms with Crippen LogP contribution in [0.25, 0.3) is 0 Å². The van der Waals surface area contributed by atoms with E-state index in [9.17, 15) is 19.7 Å². The van der Waals surface area contributed by atoms with Gasteiger partial charge in [-0.25, -0.2) is 5.43 Å². The van der Waals surface area contributed by atoms with Crippen LogP contribution in [0.5, 0.6) is 0 Å². The molecule has 10 heteroatoms. The summed E-state index contributed by atoms with van der Waals surface area (Å²) in [4.78, 5) is 34.3. The summed E-state index contributed by atoms with van der Waals surface area (Å²) in [6.45, 7) is 3.36. The van der Waals surface area contributed by atoms with Crippen molar-refractivity contribution in [3.05, 3.63) is 67.7 Å². The maximum Gasteiger partial charge on any atom is 0.272 e. The van der Waals surface area contributed by atoms with Gasteiger partial charge >= 0.3 is 0 Å². The number of benzene rings is 2. The number of anilines is 1. The van der Waals surface area contributed by atoms with Crippen molar-refractivity contribution in [1.82, 2.24) is 5.43 Å². The van der Waals surface area contributed by atoms with Crippen molar-refractivity contribution < 1.29 is 14.5 Å². The van der Waals surface area contributed by atoms with Crippen LogP contribution in [-0.4, -0.2) is 22.4 Å². The summed E-state index contributed by atoms with van der Waals surface area (Å²) >= 11 is 11.9. The van der Waals surface area contributed by atoms with Crippen LogP contribution in [0.4, 0.5) is 11.4 Å². The first-order valence-electron chi connectivity index (χ1n) is 8.01. The summed E-state index contributed by atoms with van der Waals surface area (Å²) in [5.74, 6) is -0.973. The molecule has 0 radical (unpaired) electrons. The summed E-state index contributed by atoms with van der Waals surface area (Å²) in [6, 6.07) is 8.64. The van der Waals surface area contributed by atoms with Crippen molar-refractivity contribution in [3.63, 3.8) is 0 Å². The Labute approximate surface area is 170 Å². The zero-order valence-electron chi connectivity index (χ0n) is 15.0. The highest BCUT2D eigenvalue weighted by Crippen LogP contribution is 2.23. The number of hydrogen-bond acceptors (Lipinski definition) is 5. The molecule has 0 heterocycles. The van der Waals surface area contributed by atoms with Gasteiger partial charge in [0.15, 0.2) is 0 Å². The smallest absolute Gasteiger partial charge is 0.272 e. The van der Waals surface area contributed by atoms with E-state index in [1.54, 1.807) is 32.0 Å². The molecule has 0 saturated heterocycles. The first-order valence-corrected chi connectivity index (χ1v) is 8.77. The predicted octanol–water partition coefficient (Wildman–Crippen LogP) is 4.34. The number of amides is 2. The number of hydrazone groups is 1. The Kier molecular flexibility index (Phi) is 7.08. The highest BCUT2D eigenvalue weighted by molar-refractivity contribution is 6.34. The van der Waals surface area contributed by atoms with E-state index in [-0.39, 0.29) is 28.6 Å². The molecule has 8 nitrogen and oxygen atoms in total. The summed E-state index contributed by atoms with van der Waals surface area (Å²) in [7, 11) is 0. The van der Waals surface area contributed by atoms with Gasteiger partial charge in [0.2, 0.25) is 5.91 Å². The molecule has 146 valence electrons. The summed E-state index contributed by atoms with van der Waals surface area (Å²) in [5, 5.41) is 17.7. The van der Waals surface area contributed by atoms with E-state index in [1.807, 2.05) is 0 Å². The minimum atomic E-state index is -0.648. The highest BCUT2D eigenvalue weighted by Gasteiger charge is 2.15. The van der Waals surface area contributed by atoms with Crippen LogP contribution in [0, 0.1) is 17.0 Å². The number of nitro groups is 1. The molecule has 0 unspecified atom stereocenters. The number of nitrogens with zero attached hydrogens (tertiary/aromatic N) is 2. The minimum Gasteiger partial charge on any atom is -0.325 e. The van der Waals surface area contributed by atoms with E-state index in [1.165, 1.54) is 6.07 Å². The molecule has 0 saturated carbocycles. The second-order valence-electron chi connectivity index (χ2n) is 5.85. The Balaban J connectivity index is 1.98. The Morgan fingerprint density at radius 2 is 1.89 bits per heavy atom. The molecular weight excluding hydrogens is 407 g/mol. The van der Waals surface area contributed by atoms with Crippen LogP contribution < -0.4 is 10.7 Å². The van der Waals surface area contributed by atoms with Crippen LogP contribution in [0.1, 0.15) is 29.3 Å². The van der Waals surface area contributed by atoms with E-state index >= 15 is 0 Å². The third kappa shape index (κ3) is 5.51. The normalized spacial score (nSPS) is 11.1. The second-order valence-corrected chi connectivity index (χ2v) is 6.66. The number of carbonyl (C=O) groups excluding carboxylic acids is 2. The number of hydrogen-bond donors (Lipinski definition) is 2. The van der Waals surface area contributed by atoms with Crippen molar-refractivity contribution in [3.8, 4) is 0 Å². The van der Waals surface area contributed by atoms with Crippen LogP contribution in [0.15, 0.2) is 41.5 Å². The third-order valence-electron chi connectivity index (χ3n) is 3.71. The number of halogens is 2. The second kappa shape index (κ2) is 9.29. The number of rotatable bonds is 6. The molecule has 0 spiro atoms. The SMILES string of the molecule is C/C(CC(=O)Nc1cccc(Cl)c1C)=N/NC(=O)c1ccc([N+](=O)[O-])cc1Cl. The van der Waals surface area contributed by atoms with Crippen molar-refractivity contribution in [2.24, 2.45) is 5.10 Å². The summed E-state index contributed by atoms with van der Waals surface area (Å²) < 4.78 is 0. The predicted molar refractivity (Wildman–Crippen MR) is 108 cm³/mol. The van der Waals surface area contributed by atoms with E-state index < -0.39 is 10.8 Å². The number of non-ortho nitro benzene ring substituents is 1. The number of nitrogens with one attached hydrogen (secondary N) is 2. The maximum absolute atomic E-state index is 12.1. The molecule has 0 aliphatic carbocycles. The molecule has 0 bridgehead atoms. The molecule has 2 rings (SSSR count). The van der Waals surface area contributed by atoms with Crippen LogP contribution in [0.3, 0.4) is 0 Å². The molecule has 2 aromatic rings. The van der Waals surface area contributed by atoms with Gasteiger partial charge < -0.3 is 5.32 Å². The van der Waals surface area contributed by atoms with Crippen LogP contribution >= 0.6 is 23.2 Å².